The number of halogens is 1. The molecule has 0 atom stereocenters. The molecular formula is C18H14ClN3O2S. The van der Waals surface area contributed by atoms with Gasteiger partial charge in [-0.2, -0.15) is 0 Å². The third kappa shape index (κ3) is 4.65. The molecule has 0 spiro atoms. The first-order valence-electron chi connectivity index (χ1n) is 7.46. The molecule has 0 aliphatic rings. The van der Waals surface area contributed by atoms with Crippen LogP contribution in [-0.4, -0.2) is 16.0 Å². The number of benzene rings is 1. The van der Waals surface area contributed by atoms with Gasteiger partial charge in [0.15, 0.2) is 5.11 Å². The minimum absolute atomic E-state index is 0.221. The molecule has 1 amide bonds. The summed E-state index contributed by atoms with van der Waals surface area (Å²) in [7, 11) is 0. The zero-order chi connectivity index (χ0) is 17.6. The molecule has 7 heteroatoms. The van der Waals surface area contributed by atoms with Gasteiger partial charge in [-0.25, -0.2) is 0 Å². The van der Waals surface area contributed by atoms with Crippen molar-refractivity contribution >= 4 is 34.8 Å². The average molecular weight is 372 g/mol. The van der Waals surface area contributed by atoms with E-state index in [0.29, 0.717) is 22.9 Å². The summed E-state index contributed by atoms with van der Waals surface area (Å²) >= 11 is 11.0. The highest BCUT2D eigenvalue weighted by atomic mass is 35.5. The van der Waals surface area contributed by atoms with E-state index in [1.165, 1.54) is 6.20 Å². The number of furan rings is 1. The molecule has 0 radical (unpaired) electrons. The van der Waals surface area contributed by atoms with Gasteiger partial charge in [0.25, 0.3) is 5.91 Å². The first-order chi connectivity index (χ1) is 12.1. The number of thiocarbonyl (C=S) groups is 1. The number of carbonyl (C=O) groups excluding carboxylic acids is 1. The standard InChI is InChI=1S/C18H14ClN3O2S/c19-14-5-3-12(4-6-14)16-8-7-15(24-16)11-21-18(25)22-17(23)13-2-1-9-20-10-13/h1-10H,11H2,(H2,21,22,23,25). The smallest absolute Gasteiger partial charge is 0.258 e. The fraction of sp³-hybridized carbons (Fsp3) is 0.0556. The van der Waals surface area contributed by atoms with Gasteiger partial charge in [0.1, 0.15) is 11.5 Å². The second-order valence-electron chi connectivity index (χ2n) is 5.15. The van der Waals surface area contributed by atoms with E-state index in [-0.39, 0.29) is 11.0 Å². The minimum atomic E-state index is -0.313. The van der Waals surface area contributed by atoms with E-state index in [2.05, 4.69) is 15.6 Å². The van der Waals surface area contributed by atoms with Crippen LogP contribution in [0.25, 0.3) is 11.3 Å². The number of hydrogen-bond donors (Lipinski definition) is 2. The maximum absolute atomic E-state index is 12.0. The topological polar surface area (TPSA) is 67.2 Å². The Kier molecular flexibility index (Phi) is 5.42. The van der Waals surface area contributed by atoms with Crippen molar-refractivity contribution in [2.45, 2.75) is 6.54 Å². The number of amides is 1. The normalized spacial score (nSPS) is 10.3. The van der Waals surface area contributed by atoms with Crippen LogP contribution in [0.5, 0.6) is 0 Å². The predicted molar refractivity (Wildman–Crippen MR) is 100 cm³/mol. The molecule has 3 rings (SSSR count). The summed E-state index contributed by atoms with van der Waals surface area (Å²) in [5, 5.41) is 6.43. The number of nitrogens with zero attached hydrogens (tertiary/aromatic N) is 1. The van der Waals surface area contributed by atoms with Gasteiger partial charge < -0.3 is 9.73 Å². The fourth-order valence-corrected chi connectivity index (χ4v) is 2.42. The number of hydrogen-bond acceptors (Lipinski definition) is 4. The Morgan fingerprint density at radius 2 is 1.96 bits per heavy atom. The molecule has 0 bridgehead atoms. The van der Waals surface area contributed by atoms with Crippen molar-refractivity contribution in [3.63, 3.8) is 0 Å². The molecule has 0 unspecified atom stereocenters. The Bertz CT molecular complexity index is 879. The zero-order valence-corrected chi connectivity index (χ0v) is 14.6. The average Bonchev–Trinajstić information content (AvgIpc) is 3.10. The van der Waals surface area contributed by atoms with Gasteiger partial charge in [-0.15, -0.1) is 0 Å². The highest BCUT2D eigenvalue weighted by Crippen LogP contribution is 2.23. The molecule has 0 aliphatic heterocycles. The Morgan fingerprint density at radius 1 is 1.16 bits per heavy atom. The first kappa shape index (κ1) is 17.1. The lowest BCUT2D eigenvalue weighted by molar-refractivity contribution is 0.0976. The van der Waals surface area contributed by atoms with Gasteiger partial charge in [0.2, 0.25) is 0 Å². The third-order valence-electron chi connectivity index (χ3n) is 3.36. The van der Waals surface area contributed by atoms with Gasteiger partial charge in [0.05, 0.1) is 12.1 Å². The maximum atomic E-state index is 12.0. The number of aromatic nitrogens is 1. The van der Waals surface area contributed by atoms with Gasteiger partial charge in [-0.1, -0.05) is 11.6 Å². The van der Waals surface area contributed by atoms with Gasteiger partial charge in [-0.05, 0) is 60.7 Å². The van der Waals surface area contributed by atoms with E-state index >= 15 is 0 Å². The second-order valence-corrected chi connectivity index (χ2v) is 6.00. The maximum Gasteiger partial charge on any atom is 0.258 e. The SMILES string of the molecule is O=C(NC(=S)NCc1ccc(-c2ccc(Cl)cc2)o1)c1cccnc1. The van der Waals surface area contributed by atoms with Crippen LogP contribution in [0, 0.1) is 0 Å². The van der Waals surface area contributed by atoms with E-state index in [0.717, 1.165) is 11.3 Å². The van der Waals surface area contributed by atoms with Crippen molar-refractivity contribution in [1.29, 1.82) is 0 Å². The van der Waals surface area contributed by atoms with Crippen LogP contribution in [0.2, 0.25) is 5.02 Å². The quantitative estimate of drug-likeness (QED) is 0.683. The van der Waals surface area contributed by atoms with Crippen molar-refractivity contribution in [2.75, 3.05) is 0 Å². The number of rotatable bonds is 4. The summed E-state index contributed by atoms with van der Waals surface area (Å²) in [4.78, 5) is 15.9. The lowest BCUT2D eigenvalue weighted by Gasteiger charge is -2.08. The summed E-state index contributed by atoms with van der Waals surface area (Å²) < 4.78 is 5.76. The van der Waals surface area contributed by atoms with Crippen LogP contribution in [0.3, 0.4) is 0 Å². The number of nitrogens with one attached hydrogen (secondary N) is 2. The molecule has 25 heavy (non-hydrogen) atoms. The van der Waals surface area contributed by atoms with Crippen molar-refractivity contribution in [2.24, 2.45) is 0 Å². The Labute approximate surface area is 155 Å². The Balaban J connectivity index is 1.54. The fourth-order valence-electron chi connectivity index (χ4n) is 2.13. The molecule has 3 aromatic rings. The van der Waals surface area contributed by atoms with Crippen molar-refractivity contribution in [3.8, 4) is 11.3 Å². The molecule has 0 fully saturated rings. The van der Waals surface area contributed by atoms with Crippen molar-refractivity contribution < 1.29 is 9.21 Å². The lowest BCUT2D eigenvalue weighted by Crippen LogP contribution is -2.38. The van der Waals surface area contributed by atoms with Crippen LogP contribution in [-0.2, 0) is 6.54 Å². The zero-order valence-electron chi connectivity index (χ0n) is 13.0. The highest BCUT2D eigenvalue weighted by molar-refractivity contribution is 7.80. The summed E-state index contributed by atoms with van der Waals surface area (Å²) in [6.07, 6.45) is 3.07. The minimum Gasteiger partial charge on any atom is -0.459 e. The molecule has 0 aliphatic carbocycles. The van der Waals surface area contributed by atoms with E-state index < -0.39 is 0 Å². The summed E-state index contributed by atoms with van der Waals surface area (Å²) in [5.41, 5.74) is 1.37. The second kappa shape index (κ2) is 7.92. The van der Waals surface area contributed by atoms with Gasteiger partial charge in [0, 0.05) is 23.0 Å². The summed E-state index contributed by atoms with van der Waals surface area (Å²) in [6, 6.07) is 14.5. The van der Waals surface area contributed by atoms with Gasteiger partial charge in [-0.3, -0.25) is 15.1 Å². The lowest BCUT2D eigenvalue weighted by atomic mass is 10.2. The van der Waals surface area contributed by atoms with Crippen LogP contribution in [0.1, 0.15) is 16.1 Å². The molecule has 0 saturated carbocycles. The van der Waals surface area contributed by atoms with E-state index in [1.54, 1.807) is 30.5 Å². The molecule has 2 aromatic heterocycles. The molecule has 0 saturated heterocycles. The van der Waals surface area contributed by atoms with Crippen molar-refractivity contribution in [3.05, 3.63) is 77.3 Å². The molecule has 5 nitrogen and oxygen atoms in total. The van der Waals surface area contributed by atoms with Gasteiger partial charge >= 0.3 is 0 Å². The van der Waals surface area contributed by atoms with Crippen LogP contribution in [0.4, 0.5) is 0 Å². The van der Waals surface area contributed by atoms with Crippen LogP contribution < -0.4 is 10.6 Å². The molecule has 2 N–H and O–H groups in total. The van der Waals surface area contributed by atoms with E-state index in [1.807, 2.05) is 24.3 Å². The largest absolute Gasteiger partial charge is 0.459 e. The monoisotopic (exact) mass is 371 g/mol. The molecular weight excluding hydrogens is 358 g/mol. The molecule has 1 aromatic carbocycles. The van der Waals surface area contributed by atoms with Crippen LogP contribution >= 0.6 is 23.8 Å². The first-order valence-corrected chi connectivity index (χ1v) is 8.24. The molecule has 2 heterocycles. The predicted octanol–water partition coefficient (Wildman–Crippen LogP) is 3.80. The highest BCUT2D eigenvalue weighted by Gasteiger charge is 2.09. The summed E-state index contributed by atoms with van der Waals surface area (Å²) in [5.74, 6) is 1.12. The molecule has 126 valence electrons. The Hall–Kier alpha value is -2.70. The van der Waals surface area contributed by atoms with E-state index in [4.69, 9.17) is 28.2 Å². The van der Waals surface area contributed by atoms with E-state index in [9.17, 15) is 4.79 Å². The number of carbonyl (C=O) groups is 1. The third-order valence-corrected chi connectivity index (χ3v) is 3.86. The number of pyridine rings is 1. The van der Waals surface area contributed by atoms with Crippen LogP contribution in [0.15, 0.2) is 65.3 Å². The van der Waals surface area contributed by atoms with Crippen molar-refractivity contribution in [1.82, 2.24) is 15.6 Å². The summed E-state index contributed by atoms with van der Waals surface area (Å²) in [6.45, 7) is 0.361. The Morgan fingerprint density at radius 3 is 2.68 bits per heavy atom.